The van der Waals surface area contributed by atoms with E-state index in [0.29, 0.717) is 12.8 Å². The van der Waals surface area contributed by atoms with Crippen LogP contribution in [-0.2, 0) is 16.7 Å². The minimum atomic E-state index is -3.67. The summed E-state index contributed by atoms with van der Waals surface area (Å²) in [6.45, 7) is 0.389. The van der Waals surface area contributed by atoms with Crippen LogP contribution in [0.2, 0.25) is 0 Å². The average molecular weight is 203 g/mol. The van der Waals surface area contributed by atoms with Crippen molar-refractivity contribution in [1.29, 1.82) is 5.26 Å². The van der Waals surface area contributed by atoms with Crippen molar-refractivity contribution in [3.8, 4) is 6.07 Å². The van der Waals surface area contributed by atoms with Crippen molar-refractivity contribution in [3.63, 3.8) is 0 Å². The number of aromatic nitrogens is 2. The van der Waals surface area contributed by atoms with Crippen LogP contribution in [0.4, 0.5) is 0 Å². The third-order valence-corrected chi connectivity index (χ3v) is 0.812. The molecular weight excluding hydrogens is 194 g/mol. The summed E-state index contributed by atoms with van der Waals surface area (Å²) in [6, 6.07) is 1.99. The zero-order chi connectivity index (χ0) is 10.3. The Kier molecular flexibility index (Phi) is 4.72. The second-order valence-electron chi connectivity index (χ2n) is 2.13. The summed E-state index contributed by atoms with van der Waals surface area (Å²) in [6.07, 6.45) is 5.73. The molecule has 0 saturated carbocycles. The van der Waals surface area contributed by atoms with E-state index in [1.165, 1.54) is 0 Å². The Hall–Kier alpha value is -1.39. The molecule has 0 spiro atoms. The number of hydrogen-bond acceptors (Lipinski definition) is 4. The highest BCUT2D eigenvalue weighted by Gasteiger charge is 1.82. The molecule has 0 atom stereocenters. The number of hydrogen-bond donors (Lipinski definition) is 1. The summed E-state index contributed by atoms with van der Waals surface area (Å²) in [5.41, 5.74) is 0. The van der Waals surface area contributed by atoms with Gasteiger partial charge in [0.05, 0.1) is 18.7 Å². The topological polar surface area (TPSA) is 96.0 Å². The highest BCUT2D eigenvalue weighted by Crippen LogP contribution is 1.81. The summed E-state index contributed by atoms with van der Waals surface area (Å²) in [5.74, 6) is 0. The van der Waals surface area contributed by atoms with Crippen LogP contribution >= 0.6 is 0 Å². The van der Waals surface area contributed by atoms with E-state index in [9.17, 15) is 8.42 Å². The van der Waals surface area contributed by atoms with Crippen molar-refractivity contribution in [2.24, 2.45) is 0 Å². The van der Waals surface area contributed by atoms with Gasteiger partial charge in [0.15, 0.2) is 0 Å². The third-order valence-electron chi connectivity index (χ3n) is 0.812. The fraction of sp³-hybridized carbons (Fsp3) is 0.333. The minimum absolute atomic E-state index is 0.389. The molecule has 72 valence electrons. The first-order valence-corrected chi connectivity index (χ1v) is 5.03. The lowest BCUT2D eigenvalue weighted by Gasteiger charge is -1.85. The molecular formula is C6H9N3O3S. The molecule has 1 aromatic heterocycles. The summed E-state index contributed by atoms with van der Waals surface area (Å²) >= 11 is 0. The minimum Gasteiger partial charge on any atom is -0.324 e. The quantitative estimate of drug-likeness (QED) is 0.643. The fourth-order valence-corrected chi connectivity index (χ4v) is 0.462. The van der Waals surface area contributed by atoms with Crippen LogP contribution in [-0.4, -0.2) is 28.8 Å². The van der Waals surface area contributed by atoms with Gasteiger partial charge in [-0.15, -0.1) is 0 Å². The predicted octanol–water partition coefficient (Wildman–Crippen LogP) is -0.0893. The van der Waals surface area contributed by atoms with Gasteiger partial charge in [0.25, 0.3) is 10.1 Å². The third kappa shape index (κ3) is 10.6. The molecule has 0 aliphatic heterocycles. The zero-order valence-electron chi connectivity index (χ0n) is 6.95. The lowest BCUT2D eigenvalue weighted by Crippen LogP contribution is -1.88. The molecule has 0 aromatic carbocycles. The molecule has 1 rings (SSSR count). The molecule has 0 amide bonds. The van der Waals surface area contributed by atoms with Gasteiger partial charge >= 0.3 is 0 Å². The van der Waals surface area contributed by atoms with E-state index >= 15 is 0 Å². The molecule has 0 fully saturated rings. The monoisotopic (exact) mass is 203 g/mol. The largest absolute Gasteiger partial charge is 0.324 e. The molecule has 0 unspecified atom stereocenters. The van der Waals surface area contributed by atoms with E-state index in [2.05, 4.69) is 4.98 Å². The van der Waals surface area contributed by atoms with E-state index in [1.807, 2.05) is 6.07 Å². The number of nitrogens with zero attached hydrogens (tertiary/aromatic N) is 3. The highest BCUT2D eigenvalue weighted by atomic mass is 32.2. The van der Waals surface area contributed by atoms with Crippen molar-refractivity contribution >= 4 is 10.1 Å². The molecule has 0 aliphatic rings. The van der Waals surface area contributed by atoms with E-state index < -0.39 is 10.1 Å². The van der Waals surface area contributed by atoms with E-state index in [0.717, 1.165) is 0 Å². The normalized spacial score (nSPS) is 9.62. The van der Waals surface area contributed by atoms with Crippen LogP contribution in [0.25, 0.3) is 0 Å². The Morgan fingerprint density at radius 3 is 2.54 bits per heavy atom. The maximum absolute atomic E-state index is 9.19. The SMILES string of the molecule is CS(=O)(=O)O.N#CCn1ccnc1. The van der Waals surface area contributed by atoms with Crippen LogP contribution in [0.15, 0.2) is 18.7 Å². The average Bonchev–Trinajstić information content (AvgIpc) is 2.36. The van der Waals surface area contributed by atoms with Gasteiger partial charge in [0.1, 0.15) is 6.54 Å². The van der Waals surface area contributed by atoms with Crippen LogP contribution in [0.5, 0.6) is 0 Å². The summed E-state index contributed by atoms with van der Waals surface area (Å²) < 4.78 is 27.6. The Morgan fingerprint density at radius 2 is 2.23 bits per heavy atom. The van der Waals surface area contributed by atoms with Gasteiger partial charge in [-0.05, 0) is 0 Å². The van der Waals surface area contributed by atoms with Gasteiger partial charge < -0.3 is 4.57 Å². The molecule has 0 radical (unpaired) electrons. The van der Waals surface area contributed by atoms with Gasteiger partial charge in [-0.3, -0.25) is 4.55 Å². The molecule has 0 saturated heterocycles. The predicted molar refractivity (Wildman–Crippen MR) is 45.3 cm³/mol. The van der Waals surface area contributed by atoms with Gasteiger partial charge in [-0.2, -0.15) is 13.7 Å². The van der Waals surface area contributed by atoms with Gasteiger partial charge in [-0.1, -0.05) is 0 Å². The smallest absolute Gasteiger partial charge is 0.261 e. The van der Waals surface area contributed by atoms with Crippen LogP contribution in [0.1, 0.15) is 0 Å². The van der Waals surface area contributed by atoms with E-state index in [4.69, 9.17) is 9.81 Å². The van der Waals surface area contributed by atoms with Crippen molar-refractivity contribution in [1.82, 2.24) is 9.55 Å². The van der Waals surface area contributed by atoms with Crippen molar-refractivity contribution < 1.29 is 13.0 Å². The maximum Gasteiger partial charge on any atom is 0.261 e. The Balaban J connectivity index is 0.000000252. The van der Waals surface area contributed by atoms with Crippen molar-refractivity contribution in [2.45, 2.75) is 6.54 Å². The summed E-state index contributed by atoms with van der Waals surface area (Å²) in [7, 11) is -3.67. The molecule has 0 bridgehead atoms. The molecule has 0 aliphatic carbocycles. The van der Waals surface area contributed by atoms with Crippen LogP contribution in [0, 0.1) is 11.3 Å². The van der Waals surface area contributed by atoms with Crippen molar-refractivity contribution in [3.05, 3.63) is 18.7 Å². The lowest BCUT2D eigenvalue weighted by atomic mass is 10.7. The molecule has 1 heterocycles. The van der Waals surface area contributed by atoms with Gasteiger partial charge in [-0.25, -0.2) is 4.98 Å². The Morgan fingerprint density at radius 1 is 1.69 bits per heavy atom. The fourth-order valence-electron chi connectivity index (χ4n) is 0.462. The summed E-state index contributed by atoms with van der Waals surface area (Å²) in [4.78, 5) is 3.75. The Labute approximate surface area is 76.2 Å². The van der Waals surface area contributed by atoms with Gasteiger partial charge in [0, 0.05) is 12.4 Å². The number of rotatable bonds is 1. The second kappa shape index (κ2) is 5.29. The van der Waals surface area contributed by atoms with Crippen LogP contribution < -0.4 is 0 Å². The second-order valence-corrected chi connectivity index (χ2v) is 3.59. The molecule has 7 heteroatoms. The van der Waals surface area contributed by atoms with E-state index in [-0.39, 0.29) is 0 Å². The lowest BCUT2D eigenvalue weighted by molar-refractivity contribution is 0.490. The van der Waals surface area contributed by atoms with Gasteiger partial charge in [0.2, 0.25) is 0 Å². The van der Waals surface area contributed by atoms with Crippen molar-refractivity contribution in [2.75, 3.05) is 6.26 Å². The van der Waals surface area contributed by atoms with Crippen LogP contribution in [0.3, 0.4) is 0 Å². The van der Waals surface area contributed by atoms with E-state index in [1.54, 1.807) is 23.3 Å². The first-order chi connectivity index (χ1) is 5.93. The summed E-state index contributed by atoms with van der Waals surface area (Å²) in [5, 5.41) is 8.14. The first kappa shape index (κ1) is 11.6. The first-order valence-electron chi connectivity index (χ1n) is 3.18. The molecule has 6 nitrogen and oxygen atoms in total. The highest BCUT2D eigenvalue weighted by molar-refractivity contribution is 7.85. The maximum atomic E-state index is 9.19. The number of imidazole rings is 1. The molecule has 1 aromatic rings. The number of nitriles is 1. The Bertz CT molecular complexity index is 354. The zero-order valence-corrected chi connectivity index (χ0v) is 7.77. The molecule has 1 N–H and O–H groups in total. The molecule has 13 heavy (non-hydrogen) atoms. The standard InChI is InChI=1S/C5H5N3.CH4O3S/c6-1-3-8-4-2-7-5-8;1-5(2,3)4/h2,4-5H,3H2;1H3,(H,2,3,4).